The predicted molar refractivity (Wildman–Crippen MR) is 135 cm³/mol. The highest BCUT2D eigenvalue weighted by Gasteiger charge is 2.46. The maximum absolute atomic E-state index is 5.88. The third-order valence-electron chi connectivity index (χ3n) is 5.78. The van der Waals surface area contributed by atoms with Gasteiger partial charge in [0.25, 0.3) is 0 Å². The largest absolute Gasteiger partial charge is 0.493 e. The third-order valence-corrected chi connectivity index (χ3v) is 10.1. The second-order valence-electron chi connectivity index (χ2n) is 7.47. The molecule has 0 aromatic heterocycles. The Morgan fingerprint density at radius 3 is 1.31 bits per heavy atom. The Bertz CT molecular complexity index is 1050. The second-order valence-corrected chi connectivity index (χ2v) is 11.0. The van der Waals surface area contributed by atoms with Crippen LogP contribution in [0.1, 0.15) is 5.56 Å². The summed E-state index contributed by atoms with van der Waals surface area (Å²) in [7, 11) is 2.94. The van der Waals surface area contributed by atoms with Gasteiger partial charge < -0.3 is 14.2 Å². The van der Waals surface area contributed by atoms with Gasteiger partial charge in [-0.2, -0.15) is 0 Å². The van der Waals surface area contributed by atoms with Crippen LogP contribution in [-0.4, -0.2) is 21.3 Å². The van der Waals surface area contributed by atoms with E-state index in [2.05, 4.69) is 97.1 Å². The van der Waals surface area contributed by atoms with Crippen LogP contribution in [0.15, 0.2) is 103 Å². The predicted octanol–water partition coefficient (Wildman–Crippen LogP) is 5.21. The molecule has 32 heavy (non-hydrogen) atoms. The molecule has 0 heterocycles. The average Bonchev–Trinajstić information content (AvgIpc) is 2.88. The summed E-state index contributed by atoms with van der Waals surface area (Å²) in [6, 6.07) is 36.6. The van der Waals surface area contributed by atoms with Crippen LogP contribution < -0.4 is 30.1 Å². The Hall–Kier alpha value is -3.29. The highest BCUT2D eigenvalue weighted by molar-refractivity contribution is 7.95. The van der Waals surface area contributed by atoms with E-state index in [9.17, 15) is 0 Å². The minimum absolute atomic E-state index is 0.625. The molecule has 0 spiro atoms. The van der Waals surface area contributed by atoms with Crippen LogP contribution in [0, 0.1) is 0 Å². The van der Waals surface area contributed by atoms with E-state index < -0.39 is 7.26 Å². The first-order valence-electron chi connectivity index (χ1n) is 10.6. The number of benzene rings is 4. The summed E-state index contributed by atoms with van der Waals surface area (Å²) >= 11 is 0. The van der Waals surface area contributed by atoms with E-state index >= 15 is 0 Å². The summed E-state index contributed by atoms with van der Waals surface area (Å²) in [5.41, 5.74) is 1.09. The van der Waals surface area contributed by atoms with Crippen molar-refractivity contribution in [2.45, 2.75) is 6.16 Å². The average molecular weight is 444 g/mol. The van der Waals surface area contributed by atoms with Gasteiger partial charge in [-0.25, -0.2) is 0 Å². The summed E-state index contributed by atoms with van der Waals surface area (Å²) < 4.78 is 17.1. The molecule has 4 heteroatoms. The van der Waals surface area contributed by atoms with Crippen LogP contribution in [0.25, 0.3) is 0 Å². The van der Waals surface area contributed by atoms with Gasteiger partial charge in [0.15, 0.2) is 11.5 Å². The van der Waals surface area contributed by atoms with Gasteiger partial charge in [0.05, 0.1) is 21.3 Å². The van der Waals surface area contributed by atoms with Crippen LogP contribution in [-0.2, 0) is 6.16 Å². The Kier molecular flexibility index (Phi) is 6.78. The first-order valence-corrected chi connectivity index (χ1v) is 12.5. The van der Waals surface area contributed by atoms with Gasteiger partial charge in [-0.05, 0) is 48.5 Å². The lowest BCUT2D eigenvalue weighted by atomic mass is 10.2. The Labute approximate surface area is 190 Å². The number of ether oxygens (including phenoxy) is 3. The van der Waals surface area contributed by atoms with Gasteiger partial charge in [-0.3, -0.25) is 0 Å². The molecule has 0 amide bonds. The van der Waals surface area contributed by atoms with E-state index in [4.69, 9.17) is 14.2 Å². The highest BCUT2D eigenvalue weighted by atomic mass is 31.2. The van der Waals surface area contributed by atoms with E-state index in [0.717, 1.165) is 17.5 Å². The lowest BCUT2D eigenvalue weighted by Gasteiger charge is -2.28. The molecular formula is C28H28O3P+. The molecule has 0 aliphatic heterocycles. The summed E-state index contributed by atoms with van der Waals surface area (Å²) in [6.45, 7) is 0. The number of methoxy groups -OCH3 is 3. The Morgan fingerprint density at radius 1 is 0.500 bits per heavy atom. The van der Waals surface area contributed by atoms with E-state index in [1.54, 1.807) is 21.3 Å². The number of hydrogen-bond donors (Lipinski definition) is 0. The zero-order valence-corrected chi connectivity index (χ0v) is 19.6. The minimum atomic E-state index is -2.05. The Morgan fingerprint density at radius 2 is 0.938 bits per heavy atom. The van der Waals surface area contributed by atoms with Crippen molar-refractivity contribution in [3.05, 3.63) is 109 Å². The van der Waals surface area contributed by atoms with Gasteiger partial charge in [0, 0.05) is 5.56 Å². The molecule has 4 aromatic carbocycles. The molecule has 3 nitrogen and oxygen atoms in total. The molecule has 0 N–H and O–H groups in total. The monoisotopic (exact) mass is 443 g/mol. The topological polar surface area (TPSA) is 27.7 Å². The molecule has 162 valence electrons. The van der Waals surface area contributed by atoms with E-state index in [1.807, 2.05) is 6.07 Å². The van der Waals surface area contributed by atoms with Crippen molar-refractivity contribution in [2.24, 2.45) is 0 Å². The Balaban J connectivity index is 2.02. The fourth-order valence-corrected chi connectivity index (χ4v) is 8.56. The lowest BCUT2D eigenvalue weighted by molar-refractivity contribution is 0.323. The molecule has 0 saturated carbocycles. The van der Waals surface area contributed by atoms with Crippen LogP contribution >= 0.6 is 7.26 Å². The zero-order valence-electron chi connectivity index (χ0n) is 18.7. The number of rotatable bonds is 8. The summed E-state index contributed by atoms with van der Waals surface area (Å²) in [5, 5.41) is 3.98. The van der Waals surface area contributed by atoms with Crippen LogP contribution in [0.3, 0.4) is 0 Å². The van der Waals surface area contributed by atoms with Gasteiger partial charge in [0.2, 0.25) is 5.75 Å². The van der Waals surface area contributed by atoms with Crippen molar-refractivity contribution < 1.29 is 14.2 Å². The normalized spacial score (nSPS) is 11.1. The van der Waals surface area contributed by atoms with Crippen molar-refractivity contribution >= 4 is 23.2 Å². The molecule has 0 aliphatic carbocycles. The van der Waals surface area contributed by atoms with Crippen molar-refractivity contribution in [2.75, 3.05) is 21.3 Å². The molecule has 0 fully saturated rings. The molecule has 0 aliphatic rings. The molecule has 0 saturated heterocycles. The molecule has 4 aromatic rings. The maximum Gasteiger partial charge on any atom is 0.203 e. The quantitative estimate of drug-likeness (QED) is 0.350. The lowest BCUT2D eigenvalue weighted by Crippen LogP contribution is -2.32. The smallest absolute Gasteiger partial charge is 0.203 e. The summed E-state index contributed by atoms with van der Waals surface area (Å²) in [5.74, 6) is 2.01. The fraction of sp³-hybridized carbons (Fsp3) is 0.143. The minimum Gasteiger partial charge on any atom is -0.493 e. The van der Waals surface area contributed by atoms with Crippen molar-refractivity contribution in [3.63, 3.8) is 0 Å². The van der Waals surface area contributed by atoms with E-state index in [0.29, 0.717) is 11.5 Å². The van der Waals surface area contributed by atoms with Gasteiger partial charge in [-0.15, -0.1) is 0 Å². The highest BCUT2D eigenvalue weighted by Crippen LogP contribution is 2.60. The van der Waals surface area contributed by atoms with Crippen LogP contribution in [0.5, 0.6) is 17.2 Å². The van der Waals surface area contributed by atoms with Crippen molar-refractivity contribution in [3.8, 4) is 17.2 Å². The first-order chi connectivity index (χ1) is 15.7. The molecule has 0 bridgehead atoms. The molecule has 0 unspecified atom stereocenters. The standard InChI is InChI=1S/C28H28O3P/c1-29-26-20-19-22(27(30-2)28(26)31-3)21-32(23-13-7-4-8-14-23,24-15-9-5-10-16-24)25-17-11-6-12-18-25/h4-20H,21H2,1-3H3/q+1. The van der Waals surface area contributed by atoms with Crippen molar-refractivity contribution in [1.29, 1.82) is 0 Å². The zero-order chi connectivity index (χ0) is 22.4. The van der Waals surface area contributed by atoms with E-state index in [1.165, 1.54) is 15.9 Å². The maximum atomic E-state index is 5.88. The fourth-order valence-electron chi connectivity index (χ4n) is 4.31. The second kappa shape index (κ2) is 9.89. The number of hydrogen-bond acceptors (Lipinski definition) is 3. The first kappa shape index (κ1) is 21.9. The third kappa shape index (κ3) is 3.97. The van der Waals surface area contributed by atoms with Gasteiger partial charge in [0.1, 0.15) is 29.3 Å². The summed E-state index contributed by atoms with van der Waals surface area (Å²) in [4.78, 5) is 0. The van der Waals surface area contributed by atoms with Gasteiger partial charge in [-0.1, -0.05) is 54.6 Å². The van der Waals surface area contributed by atoms with Crippen LogP contribution in [0.2, 0.25) is 0 Å². The van der Waals surface area contributed by atoms with E-state index in [-0.39, 0.29) is 0 Å². The SMILES string of the molecule is COc1ccc(C[P+](c2ccccc2)(c2ccccc2)c2ccccc2)c(OC)c1OC. The van der Waals surface area contributed by atoms with Crippen molar-refractivity contribution in [1.82, 2.24) is 0 Å². The van der Waals surface area contributed by atoms with Gasteiger partial charge >= 0.3 is 0 Å². The molecule has 0 radical (unpaired) electrons. The molecule has 4 rings (SSSR count). The molecular weight excluding hydrogens is 415 g/mol. The molecule has 0 atom stereocenters. The summed E-state index contributed by atoms with van der Waals surface area (Å²) in [6.07, 6.45) is 0.800. The van der Waals surface area contributed by atoms with Crippen LogP contribution in [0.4, 0.5) is 0 Å².